The Bertz CT molecular complexity index is 970. The van der Waals surface area contributed by atoms with E-state index in [-0.39, 0.29) is 11.8 Å². The van der Waals surface area contributed by atoms with Crippen molar-refractivity contribution in [2.45, 2.75) is 51.9 Å². The van der Waals surface area contributed by atoms with Crippen LogP contribution in [0, 0.1) is 6.92 Å². The fourth-order valence-electron chi connectivity index (χ4n) is 4.19. The normalized spacial score (nSPS) is 18.1. The summed E-state index contributed by atoms with van der Waals surface area (Å²) in [5.74, 6) is 0.940. The summed E-state index contributed by atoms with van der Waals surface area (Å²) in [5.41, 5.74) is 5.69. The molecule has 30 heavy (non-hydrogen) atoms. The van der Waals surface area contributed by atoms with Crippen LogP contribution in [0.25, 0.3) is 0 Å². The smallest absolute Gasteiger partial charge is 0.289 e. The molecule has 0 radical (unpaired) electrons. The van der Waals surface area contributed by atoms with Gasteiger partial charge in [-0.25, -0.2) is 5.43 Å². The molecular formula is C23H26BrN3O3. The number of halogens is 1. The number of carbonyl (C=O) groups is 2. The molecule has 0 atom stereocenters. The van der Waals surface area contributed by atoms with Crippen LogP contribution in [-0.2, 0) is 6.42 Å². The number of likely N-dealkylation sites (tertiary alicyclic amines) is 1. The minimum Gasteiger partial charge on any atom is -0.455 e. The number of aryl methyl sites for hydroxylation is 1. The van der Waals surface area contributed by atoms with Crippen LogP contribution in [0.1, 0.15) is 76.3 Å². The van der Waals surface area contributed by atoms with E-state index in [0.29, 0.717) is 11.3 Å². The van der Waals surface area contributed by atoms with Crippen molar-refractivity contribution in [2.24, 2.45) is 5.10 Å². The van der Waals surface area contributed by atoms with Crippen molar-refractivity contribution >= 4 is 33.5 Å². The standard InChI is InChI=1S/C23H26BrN3O3/c1-15-20-18(25-26-22(28)16-9-11-17(24)12-10-16)7-6-8-19(20)30-21(15)23(29)27-13-4-2-3-5-14-27/h9-12H,2-8,13-14H2,1H3,(H,26,28)/b25-18+. The van der Waals surface area contributed by atoms with Gasteiger partial charge in [0.05, 0.1) is 5.71 Å². The number of hydrogen-bond acceptors (Lipinski definition) is 4. The van der Waals surface area contributed by atoms with Gasteiger partial charge in [-0.2, -0.15) is 5.10 Å². The average molecular weight is 472 g/mol. The maximum Gasteiger partial charge on any atom is 0.289 e. The molecule has 2 aromatic rings. The molecule has 2 heterocycles. The molecule has 6 nitrogen and oxygen atoms in total. The summed E-state index contributed by atoms with van der Waals surface area (Å²) < 4.78 is 6.95. The monoisotopic (exact) mass is 471 g/mol. The predicted molar refractivity (Wildman–Crippen MR) is 119 cm³/mol. The Balaban J connectivity index is 1.56. The van der Waals surface area contributed by atoms with Crippen LogP contribution in [0.4, 0.5) is 0 Å². The summed E-state index contributed by atoms with van der Waals surface area (Å²) in [4.78, 5) is 27.4. The van der Waals surface area contributed by atoms with E-state index in [9.17, 15) is 9.59 Å². The Morgan fingerprint density at radius 2 is 1.73 bits per heavy atom. The predicted octanol–water partition coefficient (Wildman–Crippen LogP) is 4.84. The molecule has 2 amide bonds. The van der Waals surface area contributed by atoms with Crippen molar-refractivity contribution in [3.05, 3.63) is 56.9 Å². The van der Waals surface area contributed by atoms with E-state index in [2.05, 4.69) is 26.5 Å². The van der Waals surface area contributed by atoms with Gasteiger partial charge in [0.25, 0.3) is 11.8 Å². The highest BCUT2D eigenvalue weighted by atomic mass is 79.9. The molecule has 1 N–H and O–H groups in total. The molecule has 0 spiro atoms. The summed E-state index contributed by atoms with van der Waals surface area (Å²) in [7, 11) is 0. The molecule has 0 bridgehead atoms. The number of benzene rings is 1. The van der Waals surface area contributed by atoms with E-state index in [1.54, 1.807) is 12.1 Å². The summed E-state index contributed by atoms with van der Waals surface area (Å²) in [5, 5.41) is 4.40. The largest absolute Gasteiger partial charge is 0.455 e. The maximum atomic E-state index is 13.1. The zero-order valence-electron chi connectivity index (χ0n) is 17.2. The summed E-state index contributed by atoms with van der Waals surface area (Å²) in [6.07, 6.45) is 6.83. The molecule has 1 fully saturated rings. The lowest BCUT2D eigenvalue weighted by molar-refractivity contribution is 0.0726. The zero-order valence-corrected chi connectivity index (χ0v) is 18.8. The Morgan fingerprint density at radius 3 is 2.43 bits per heavy atom. The van der Waals surface area contributed by atoms with Crippen LogP contribution in [-0.4, -0.2) is 35.5 Å². The lowest BCUT2D eigenvalue weighted by Crippen LogP contribution is -2.32. The van der Waals surface area contributed by atoms with Crippen LogP contribution in [0.15, 0.2) is 38.3 Å². The molecule has 158 valence electrons. The van der Waals surface area contributed by atoms with Crippen molar-refractivity contribution in [1.29, 1.82) is 0 Å². The van der Waals surface area contributed by atoms with Crippen molar-refractivity contribution in [3.8, 4) is 0 Å². The Hall–Kier alpha value is -2.41. The van der Waals surface area contributed by atoms with Crippen molar-refractivity contribution in [3.63, 3.8) is 0 Å². The number of furan rings is 1. The molecule has 2 aliphatic rings. The minimum atomic E-state index is -0.260. The molecule has 0 unspecified atom stereocenters. The molecule has 7 heteroatoms. The van der Waals surface area contributed by atoms with Crippen LogP contribution >= 0.6 is 15.9 Å². The average Bonchev–Trinajstić information content (AvgIpc) is 2.93. The van der Waals surface area contributed by atoms with Crippen LogP contribution in [0.5, 0.6) is 0 Å². The topological polar surface area (TPSA) is 74.9 Å². The molecule has 4 rings (SSSR count). The highest BCUT2D eigenvalue weighted by Gasteiger charge is 2.30. The van der Waals surface area contributed by atoms with E-state index in [4.69, 9.17) is 4.42 Å². The number of amides is 2. The number of hydrazone groups is 1. The van der Waals surface area contributed by atoms with Gasteiger partial charge in [-0.05, 0) is 56.9 Å². The van der Waals surface area contributed by atoms with E-state index in [1.807, 2.05) is 24.0 Å². The molecule has 1 aliphatic heterocycles. The Kier molecular flexibility index (Phi) is 6.37. The summed E-state index contributed by atoms with van der Waals surface area (Å²) >= 11 is 3.37. The minimum absolute atomic E-state index is 0.0259. The lowest BCUT2D eigenvalue weighted by Gasteiger charge is -2.19. The lowest BCUT2D eigenvalue weighted by atomic mass is 9.93. The second-order valence-corrected chi connectivity index (χ2v) is 8.84. The van der Waals surface area contributed by atoms with Crippen molar-refractivity contribution < 1.29 is 14.0 Å². The van der Waals surface area contributed by atoms with Gasteiger partial charge in [0.1, 0.15) is 5.76 Å². The van der Waals surface area contributed by atoms with E-state index < -0.39 is 0 Å². The first-order valence-corrected chi connectivity index (χ1v) is 11.4. The number of fused-ring (bicyclic) bond motifs is 1. The second-order valence-electron chi connectivity index (χ2n) is 7.92. The third-order valence-corrected chi connectivity index (χ3v) is 6.34. The van der Waals surface area contributed by atoms with Crippen LogP contribution < -0.4 is 5.43 Å². The fourth-order valence-corrected chi connectivity index (χ4v) is 4.45. The highest BCUT2D eigenvalue weighted by Crippen LogP contribution is 2.31. The number of rotatable bonds is 3. The van der Waals surface area contributed by atoms with Crippen LogP contribution in [0.3, 0.4) is 0 Å². The SMILES string of the molecule is Cc1c(C(=O)N2CCCCCC2)oc2c1/C(=N/NC(=O)c1ccc(Br)cc1)CCC2. The summed E-state index contributed by atoms with van der Waals surface area (Å²) in [6, 6.07) is 7.13. The fraction of sp³-hybridized carbons (Fsp3) is 0.435. The quantitative estimate of drug-likeness (QED) is 0.650. The molecule has 1 aromatic heterocycles. The van der Waals surface area contributed by atoms with E-state index >= 15 is 0 Å². The van der Waals surface area contributed by atoms with Crippen molar-refractivity contribution in [2.75, 3.05) is 13.1 Å². The molecule has 1 saturated heterocycles. The van der Waals surface area contributed by atoms with Gasteiger partial charge in [0.2, 0.25) is 0 Å². The zero-order chi connectivity index (χ0) is 21.1. The van der Waals surface area contributed by atoms with Crippen molar-refractivity contribution in [1.82, 2.24) is 10.3 Å². The van der Waals surface area contributed by atoms with Gasteiger partial charge in [-0.3, -0.25) is 9.59 Å². The second kappa shape index (κ2) is 9.16. The first-order chi connectivity index (χ1) is 14.5. The van der Waals surface area contributed by atoms with Gasteiger partial charge in [-0.15, -0.1) is 0 Å². The first-order valence-electron chi connectivity index (χ1n) is 10.6. The summed E-state index contributed by atoms with van der Waals surface area (Å²) in [6.45, 7) is 3.49. The van der Waals surface area contributed by atoms with Gasteiger partial charge in [0.15, 0.2) is 5.76 Å². The van der Waals surface area contributed by atoms with Crippen LogP contribution in [0.2, 0.25) is 0 Å². The first kappa shape index (κ1) is 20.8. The number of nitrogens with one attached hydrogen (secondary N) is 1. The Morgan fingerprint density at radius 1 is 1.03 bits per heavy atom. The number of hydrogen-bond donors (Lipinski definition) is 1. The number of carbonyl (C=O) groups excluding carboxylic acids is 2. The molecular weight excluding hydrogens is 446 g/mol. The number of nitrogens with zero attached hydrogens (tertiary/aromatic N) is 2. The highest BCUT2D eigenvalue weighted by molar-refractivity contribution is 9.10. The molecule has 1 aliphatic carbocycles. The van der Waals surface area contributed by atoms with E-state index in [0.717, 1.165) is 72.3 Å². The molecule has 1 aromatic carbocycles. The van der Waals surface area contributed by atoms with Gasteiger partial charge >= 0.3 is 0 Å². The third-order valence-electron chi connectivity index (χ3n) is 5.81. The van der Waals surface area contributed by atoms with Gasteiger partial charge in [0, 0.05) is 40.7 Å². The van der Waals surface area contributed by atoms with Gasteiger partial charge in [-0.1, -0.05) is 28.8 Å². The Labute approximate surface area is 184 Å². The third kappa shape index (κ3) is 4.36. The molecule has 0 saturated carbocycles. The van der Waals surface area contributed by atoms with Gasteiger partial charge < -0.3 is 9.32 Å². The maximum absolute atomic E-state index is 13.1. The van der Waals surface area contributed by atoms with E-state index in [1.165, 1.54) is 12.8 Å².